The van der Waals surface area contributed by atoms with Crippen molar-refractivity contribution < 1.29 is 0 Å². The third kappa shape index (κ3) is 3.90. The maximum absolute atomic E-state index is 4.50. The summed E-state index contributed by atoms with van der Waals surface area (Å²) in [5, 5.41) is 4.50. The van der Waals surface area contributed by atoms with Gasteiger partial charge in [-0.2, -0.15) is 5.10 Å². The normalized spacial score (nSPS) is 23.5. The molecule has 124 valence electrons. The second-order valence-corrected chi connectivity index (χ2v) is 7.60. The Kier molecular flexibility index (Phi) is 5.19. The Balaban J connectivity index is 1.41. The molecule has 0 unspecified atom stereocenters. The molecule has 2 saturated heterocycles. The van der Waals surface area contributed by atoms with Gasteiger partial charge >= 0.3 is 0 Å². The van der Waals surface area contributed by atoms with E-state index < -0.39 is 0 Å². The first-order valence-electron chi connectivity index (χ1n) is 9.09. The highest BCUT2D eigenvalue weighted by atomic mass is 15.3. The minimum Gasteiger partial charge on any atom is -0.303 e. The molecule has 0 N–H and O–H groups in total. The van der Waals surface area contributed by atoms with Crippen LogP contribution < -0.4 is 0 Å². The maximum Gasteiger partial charge on any atom is 0.0543 e. The summed E-state index contributed by atoms with van der Waals surface area (Å²) in [6, 6.07) is 1.34. The predicted octanol–water partition coefficient (Wildman–Crippen LogP) is 2.95. The first-order chi connectivity index (χ1) is 10.6. The van der Waals surface area contributed by atoms with E-state index in [0.29, 0.717) is 12.1 Å². The lowest BCUT2D eigenvalue weighted by molar-refractivity contribution is 0.104. The molecule has 4 heteroatoms. The van der Waals surface area contributed by atoms with Gasteiger partial charge in [-0.3, -0.25) is 4.68 Å². The van der Waals surface area contributed by atoms with Gasteiger partial charge in [0, 0.05) is 31.9 Å². The molecule has 0 saturated carbocycles. The fourth-order valence-electron chi connectivity index (χ4n) is 4.02. The average molecular weight is 304 g/mol. The van der Waals surface area contributed by atoms with Crippen LogP contribution in [0.4, 0.5) is 0 Å². The lowest BCUT2D eigenvalue weighted by Crippen LogP contribution is -2.43. The van der Waals surface area contributed by atoms with Crippen molar-refractivity contribution in [3.05, 3.63) is 18.0 Å². The summed E-state index contributed by atoms with van der Waals surface area (Å²) in [5.74, 6) is 0.915. The van der Waals surface area contributed by atoms with Crippen LogP contribution in [0.5, 0.6) is 0 Å². The van der Waals surface area contributed by atoms with Crippen LogP contribution in [0.25, 0.3) is 0 Å². The van der Waals surface area contributed by atoms with E-state index in [0.717, 1.165) is 5.92 Å². The van der Waals surface area contributed by atoms with E-state index >= 15 is 0 Å². The van der Waals surface area contributed by atoms with Gasteiger partial charge in [-0.1, -0.05) is 0 Å². The molecule has 0 amide bonds. The molecule has 0 aliphatic carbocycles. The molecule has 2 fully saturated rings. The highest BCUT2D eigenvalue weighted by Crippen LogP contribution is 2.25. The molecule has 0 spiro atoms. The summed E-state index contributed by atoms with van der Waals surface area (Å²) in [6.07, 6.45) is 9.46. The Morgan fingerprint density at radius 2 is 1.77 bits per heavy atom. The first-order valence-corrected chi connectivity index (χ1v) is 9.09. The van der Waals surface area contributed by atoms with Gasteiger partial charge in [0.05, 0.1) is 12.2 Å². The third-order valence-electron chi connectivity index (χ3n) is 5.56. The molecule has 3 heterocycles. The molecule has 1 aromatic rings. The summed E-state index contributed by atoms with van der Waals surface area (Å²) >= 11 is 0. The van der Waals surface area contributed by atoms with Crippen LogP contribution in [0.3, 0.4) is 0 Å². The number of nitrogens with zero attached hydrogens (tertiary/aromatic N) is 4. The van der Waals surface area contributed by atoms with Crippen molar-refractivity contribution in [2.75, 3.05) is 32.7 Å². The van der Waals surface area contributed by atoms with E-state index in [9.17, 15) is 0 Å². The SMILES string of the molecule is Cc1cnn(C2CCN(CC3CCN(C(C)C)CC3)CC2)c1. The van der Waals surface area contributed by atoms with Crippen molar-refractivity contribution in [3.8, 4) is 0 Å². The summed E-state index contributed by atoms with van der Waals surface area (Å²) in [4.78, 5) is 5.32. The van der Waals surface area contributed by atoms with Gasteiger partial charge in [0.2, 0.25) is 0 Å². The minimum atomic E-state index is 0.618. The lowest BCUT2D eigenvalue weighted by Gasteiger charge is -2.38. The molecule has 4 nitrogen and oxygen atoms in total. The Morgan fingerprint density at radius 3 is 2.32 bits per heavy atom. The summed E-state index contributed by atoms with van der Waals surface area (Å²) < 4.78 is 2.19. The zero-order valence-electron chi connectivity index (χ0n) is 14.5. The largest absolute Gasteiger partial charge is 0.303 e. The average Bonchev–Trinajstić information content (AvgIpc) is 2.95. The summed E-state index contributed by atoms with van der Waals surface area (Å²) in [7, 11) is 0. The molecule has 2 aliphatic rings. The van der Waals surface area contributed by atoms with Crippen molar-refractivity contribution >= 4 is 0 Å². The molecule has 0 aromatic carbocycles. The Labute approximate surface area is 135 Å². The number of hydrogen-bond donors (Lipinski definition) is 0. The molecule has 22 heavy (non-hydrogen) atoms. The van der Waals surface area contributed by atoms with E-state index in [-0.39, 0.29) is 0 Å². The number of hydrogen-bond acceptors (Lipinski definition) is 3. The van der Waals surface area contributed by atoms with Crippen molar-refractivity contribution in [3.63, 3.8) is 0 Å². The van der Waals surface area contributed by atoms with Crippen molar-refractivity contribution in [2.45, 2.75) is 58.5 Å². The molecule has 0 atom stereocenters. The molecular formula is C18H32N4. The van der Waals surface area contributed by atoms with Crippen LogP contribution in [0.15, 0.2) is 12.4 Å². The van der Waals surface area contributed by atoms with Crippen LogP contribution in [-0.2, 0) is 0 Å². The van der Waals surface area contributed by atoms with Crippen LogP contribution in [-0.4, -0.2) is 58.3 Å². The fraction of sp³-hybridized carbons (Fsp3) is 0.833. The number of likely N-dealkylation sites (tertiary alicyclic amines) is 2. The zero-order chi connectivity index (χ0) is 15.5. The highest BCUT2D eigenvalue weighted by Gasteiger charge is 2.26. The van der Waals surface area contributed by atoms with E-state index in [1.807, 2.05) is 6.20 Å². The van der Waals surface area contributed by atoms with Crippen molar-refractivity contribution in [1.82, 2.24) is 19.6 Å². The molecule has 2 aliphatic heterocycles. The Bertz CT molecular complexity index is 451. The van der Waals surface area contributed by atoms with E-state index in [1.165, 1.54) is 64.0 Å². The summed E-state index contributed by atoms with van der Waals surface area (Å²) in [5.41, 5.74) is 1.28. The molecular weight excluding hydrogens is 272 g/mol. The molecule has 3 rings (SSSR count). The molecule has 0 bridgehead atoms. The zero-order valence-corrected chi connectivity index (χ0v) is 14.5. The lowest BCUT2D eigenvalue weighted by atomic mass is 9.94. The number of rotatable bonds is 4. The second kappa shape index (κ2) is 7.14. The van der Waals surface area contributed by atoms with E-state index in [4.69, 9.17) is 0 Å². The van der Waals surface area contributed by atoms with E-state index in [2.05, 4.69) is 46.5 Å². The molecule has 0 radical (unpaired) electrons. The van der Waals surface area contributed by atoms with Gasteiger partial charge in [-0.15, -0.1) is 0 Å². The quantitative estimate of drug-likeness (QED) is 0.855. The standard InChI is InChI=1S/C18H32N4/c1-15(2)21-10-4-17(5-11-21)14-20-8-6-18(7-9-20)22-13-16(3)12-19-22/h12-13,15,17-18H,4-11,14H2,1-3H3. The van der Waals surface area contributed by atoms with Crippen molar-refractivity contribution in [1.29, 1.82) is 0 Å². The van der Waals surface area contributed by atoms with Gasteiger partial charge in [-0.05, 0) is 71.0 Å². The smallest absolute Gasteiger partial charge is 0.0543 e. The topological polar surface area (TPSA) is 24.3 Å². The van der Waals surface area contributed by atoms with Crippen molar-refractivity contribution in [2.24, 2.45) is 5.92 Å². The second-order valence-electron chi connectivity index (χ2n) is 7.60. The maximum atomic E-state index is 4.50. The van der Waals surface area contributed by atoms with Gasteiger partial charge in [-0.25, -0.2) is 0 Å². The van der Waals surface area contributed by atoms with Gasteiger partial charge in [0.15, 0.2) is 0 Å². The Hall–Kier alpha value is -0.870. The highest BCUT2D eigenvalue weighted by molar-refractivity contribution is 5.00. The Morgan fingerprint density at radius 1 is 1.09 bits per heavy atom. The van der Waals surface area contributed by atoms with Crippen LogP contribution in [0, 0.1) is 12.8 Å². The van der Waals surface area contributed by atoms with Gasteiger partial charge in [0.25, 0.3) is 0 Å². The van der Waals surface area contributed by atoms with Crippen LogP contribution in [0.1, 0.15) is 51.1 Å². The first kappa shape index (κ1) is 16.0. The summed E-state index contributed by atoms with van der Waals surface area (Å²) in [6.45, 7) is 13.2. The van der Waals surface area contributed by atoms with Gasteiger partial charge in [0.1, 0.15) is 0 Å². The van der Waals surface area contributed by atoms with Gasteiger partial charge < -0.3 is 9.80 Å². The predicted molar refractivity (Wildman–Crippen MR) is 91.1 cm³/mol. The number of aryl methyl sites for hydroxylation is 1. The third-order valence-corrected chi connectivity index (χ3v) is 5.56. The van der Waals surface area contributed by atoms with Crippen LogP contribution >= 0.6 is 0 Å². The van der Waals surface area contributed by atoms with E-state index in [1.54, 1.807) is 0 Å². The minimum absolute atomic E-state index is 0.618. The number of aromatic nitrogens is 2. The van der Waals surface area contributed by atoms with Crippen LogP contribution in [0.2, 0.25) is 0 Å². The molecule has 1 aromatic heterocycles. The number of piperidine rings is 2. The monoisotopic (exact) mass is 304 g/mol. The fourth-order valence-corrected chi connectivity index (χ4v) is 4.02.